The Morgan fingerprint density at radius 2 is 1.96 bits per heavy atom. The van der Waals surface area contributed by atoms with Crippen LogP contribution in [0.15, 0.2) is 39.9 Å². The Labute approximate surface area is 175 Å². The van der Waals surface area contributed by atoms with Gasteiger partial charge in [-0.3, -0.25) is 9.20 Å². The summed E-state index contributed by atoms with van der Waals surface area (Å²) >= 11 is 5.20. The average Bonchev–Trinajstić information content (AvgIpc) is 3.26. The van der Waals surface area contributed by atoms with Gasteiger partial charge in [-0.2, -0.15) is 0 Å². The minimum atomic E-state index is 0.00420. The second-order valence-electron chi connectivity index (χ2n) is 8.61. The molecule has 0 fully saturated rings. The van der Waals surface area contributed by atoms with Crippen molar-refractivity contribution in [2.24, 2.45) is 11.3 Å². The van der Waals surface area contributed by atoms with Gasteiger partial charge in [-0.25, -0.2) is 4.57 Å². The third-order valence-corrected chi connectivity index (χ3v) is 7.70. The largest absolute Gasteiger partial charge is 0.268 e. The van der Waals surface area contributed by atoms with E-state index in [0.29, 0.717) is 11.7 Å². The number of benzene rings is 1. The monoisotopic (exact) mass is 456 g/mol. The molecule has 1 unspecified atom stereocenters. The third kappa shape index (κ3) is 2.67. The van der Waals surface area contributed by atoms with Gasteiger partial charge in [0.05, 0.1) is 11.1 Å². The van der Waals surface area contributed by atoms with Crippen molar-refractivity contribution in [2.45, 2.75) is 40.0 Å². The van der Waals surface area contributed by atoms with E-state index < -0.39 is 0 Å². The van der Waals surface area contributed by atoms with E-state index in [-0.39, 0.29) is 11.0 Å². The van der Waals surface area contributed by atoms with E-state index in [0.717, 1.165) is 39.6 Å². The van der Waals surface area contributed by atoms with E-state index in [1.165, 1.54) is 10.4 Å². The molecule has 1 atom stereocenters. The first kappa shape index (κ1) is 18.1. The van der Waals surface area contributed by atoms with Crippen LogP contribution in [-0.2, 0) is 12.8 Å². The molecule has 0 saturated carbocycles. The van der Waals surface area contributed by atoms with Gasteiger partial charge in [0.1, 0.15) is 11.2 Å². The molecule has 0 aliphatic heterocycles. The number of rotatable bonds is 1. The molecule has 5 nitrogen and oxygen atoms in total. The van der Waals surface area contributed by atoms with Crippen LogP contribution < -0.4 is 5.56 Å². The molecule has 1 aliphatic rings. The molecule has 1 aliphatic carbocycles. The summed E-state index contributed by atoms with van der Waals surface area (Å²) in [6, 6.07) is 7.74. The van der Waals surface area contributed by atoms with Crippen molar-refractivity contribution >= 4 is 43.3 Å². The molecule has 3 aromatic heterocycles. The lowest BCUT2D eigenvalue weighted by atomic mass is 9.72. The Hall–Kier alpha value is -1.99. The van der Waals surface area contributed by atoms with Gasteiger partial charge in [0, 0.05) is 9.35 Å². The zero-order valence-electron chi connectivity index (χ0n) is 16.1. The van der Waals surface area contributed by atoms with Crippen LogP contribution in [0.25, 0.3) is 21.7 Å². The first-order valence-corrected chi connectivity index (χ1v) is 11.1. The fourth-order valence-electron chi connectivity index (χ4n) is 4.25. The molecule has 0 amide bonds. The first-order chi connectivity index (χ1) is 13.3. The van der Waals surface area contributed by atoms with Crippen LogP contribution in [0.3, 0.4) is 0 Å². The maximum Gasteiger partial charge on any atom is 0.268 e. The zero-order valence-corrected chi connectivity index (χ0v) is 18.5. The molecule has 28 heavy (non-hydrogen) atoms. The lowest BCUT2D eigenvalue weighted by Crippen LogP contribution is -2.27. The molecule has 3 heterocycles. The quantitative estimate of drug-likeness (QED) is 0.404. The number of aromatic nitrogens is 4. The van der Waals surface area contributed by atoms with Gasteiger partial charge in [0.15, 0.2) is 0 Å². The number of hydrogen-bond donors (Lipinski definition) is 0. The van der Waals surface area contributed by atoms with Crippen LogP contribution >= 0.6 is 27.3 Å². The van der Waals surface area contributed by atoms with Crippen LogP contribution in [0.4, 0.5) is 0 Å². The predicted octanol–water partition coefficient (Wildman–Crippen LogP) is 5.01. The summed E-state index contributed by atoms with van der Waals surface area (Å²) in [5.74, 6) is 1.20. The van der Waals surface area contributed by atoms with Crippen molar-refractivity contribution in [3.05, 3.63) is 55.9 Å². The predicted molar refractivity (Wildman–Crippen MR) is 117 cm³/mol. The van der Waals surface area contributed by atoms with E-state index in [9.17, 15) is 4.79 Å². The standard InChI is InChI=1S/C21H21BrN4OS/c1-21(2,3)12-4-9-15-16(10-12)28-19-17(15)18(27)26(20-24-23-11-25(19)20)14-7-5-13(22)6-8-14/h5-8,11-12H,4,9-10H2,1-3H3. The molecule has 0 N–H and O–H groups in total. The smallest absolute Gasteiger partial charge is 0.268 e. The summed E-state index contributed by atoms with van der Waals surface area (Å²) in [5.41, 5.74) is 2.31. The van der Waals surface area contributed by atoms with Gasteiger partial charge < -0.3 is 0 Å². The molecule has 0 radical (unpaired) electrons. The van der Waals surface area contributed by atoms with Crippen LogP contribution in [0, 0.1) is 11.3 Å². The Balaban J connectivity index is 1.80. The Bertz CT molecular complexity index is 1260. The Kier molecular flexibility index (Phi) is 4.04. The summed E-state index contributed by atoms with van der Waals surface area (Å²) in [6.07, 6.45) is 4.84. The first-order valence-electron chi connectivity index (χ1n) is 9.49. The minimum Gasteiger partial charge on any atom is -0.268 e. The molecule has 0 bridgehead atoms. The van der Waals surface area contributed by atoms with Crippen LogP contribution in [0.1, 0.15) is 37.6 Å². The molecular weight excluding hydrogens is 436 g/mol. The molecule has 1 aromatic carbocycles. The van der Waals surface area contributed by atoms with Crippen LogP contribution in [0.5, 0.6) is 0 Å². The highest BCUT2D eigenvalue weighted by Gasteiger charge is 2.32. The maximum absolute atomic E-state index is 13.6. The molecule has 144 valence electrons. The highest BCUT2D eigenvalue weighted by atomic mass is 79.9. The minimum absolute atomic E-state index is 0.00420. The van der Waals surface area contributed by atoms with E-state index in [4.69, 9.17) is 0 Å². The lowest BCUT2D eigenvalue weighted by Gasteiger charge is -2.33. The number of halogens is 1. The third-order valence-electron chi connectivity index (χ3n) is 5.92. The fraction of sp³-hybridized carbons (Fsp3) is 0.381. The summed E-state index contributed by atoms with van der Waals surface area (Å²) in [7, 11) is 0. The molecule has 0 saturated heterocycles. The van der Waals surface area contributed by atoms with Crippen molar-refractivity contribution in [1.82, 2.24) is 19.2 Å². The maximum atomic E-state index is 13.6. The Morgan fingerprint density at radius 3 is 2.68 bits per heavy atom. The number of hydrogen-bond acceptors (Lipinski definition) is 4. The molecule has 7 heteroatoms. The van der Waals surface area contributed by atoms with Gasteiger partial charge in [0.2, 0.25) is 5.78 Å². The second kappa shape index (κ2) is 6.26. The van der Waals surface area contributed by atoms with Crippen molar-refractivity contribution < 1.29 is 0 Å². The molecule has 0 spiro atoms. The summed E-state index contributed by atoms with van der Waals surface area (Å²) in [4.78, 5) is 15.9. The van der Waals surface area contributed by atoms with Crippen molar-refractivity contribution in [3.63, 3.8) is 0 Å². The highest BCUT2D eigenvalue weighted by molar-refractivity contribution is 9.10. The normalized spacial score (nSPS) is 17.4. The number of fused-ring (bicyclic) bond motifs is 5. The number of nitrogens with zero attached hydrogens (tertiary/aromatic N) is 4. The summed E-state index contributed by atoms with van der Waals surface area (Å²) < 4.78 is 4.63. The molecule has 4 aromatic rings. The number of thiophene rings is 1. The van der Waals surface area contributed by atoms with E-state index in [1.54, 1.807) is 22.2 Å². The summed E-state index contributed by atoms with van der Waals surface area (Å²) in [5, 5.41) is 9.20. The van der Waals surface area contributed by atoms with Gasteiger partial charge in [-0.1, -0.05) is 36.7 Å². The molecule has 5 rings (SSSR count). The van der Waals surface area contributed by atoms with Gasteiger partial charge in [0.25, 0.3) is 5.56 Å². The van der Waals surface area contributed by atoms with Crippen LogP contribution in [0.2, 0.25) is 0 Å². The van der Waals surface area contributed by atoms with Crippen molar-refractivity contribution in [1.29, 1.82) is 0 Å². The second-order valence-corrected chi connectivity index (χ2v) is 10.6. The molecular formula is C21H21BrN4OS. The van der Waals surface area contributed by atoms with Crippen molar-refractivity contribution in [2.75, 3.05) is 0 Å². The van der Waals surface area contributed by atoms with Crippen LogP contribution in [-0.4, -0.2) is 19.2 Å². The van der Waals surface area contributed by atoms with Gasteiger partial charge in [-0.15, -0.1) is 21.5 Å². The highest BCUT2D eigenvalue weighted by Crippen LogP contribution is 2.42. The van der Waals surface area contributed by atoms with E-state index in [1.807, 2.05) is 28.7 Å². The fourth-order valence-corrected chi connectivity index (χ4v) is 5.90. The van der Waals surface area contributed by atoms with E-state index >= 15 is 0 Å². The number of aryl methyl sites for hydroxylation is 1. The van der Waals surface area contributed by atoms with Crippen molar-refractivity contribution in [3.8, 4) is 5.69 Å². The van der Waals surface area contributed by atoms with E-state index in [2.05, 4.69) is 46.9 Å². The van der Waals surface area contributed by atoms with Gasteiger partial charge >= 0.3 is 0 Å². The summed E-state index contributed by atoms with van der Waals surface area (Å²) in [6.45, 7) is 6.94. The topological polar surface area (TPSA) is 52.2 Å². The van der Waals surface area contributed by atoms with Gasteiger partial charge in [-0.05, 0) is 60.4 Å². The lowest BCUT2D eigenvalue weighted by molar-refractivity contribution is 0.218. The average molecular weight is 457 g/mol. The SMILES string of the molecule is CC(C)(C)C1CCc2c(sc3c2c(=O)n(-c2ccc(Br)cc2)c2nncn32)C1. The zero-order chi connectivity index (χ0) is 19.6. The Morgan fingerprint density at radius 1 is 1.21 bits per heavy atom.